The summed E-state index contributed by atoms with van der Waals surface area (Å²) in [5.41, 5.74) is -0.230. The summed E-state index contributed by atoms with van der Waals surface area (Å²) in [7, 11) is 0. The first-order valence-corrected chi connectivity index (χ1v) is 5.56. The molecule has 0 atom stereocenters. The average Bonchev–Trinajstić information content (AvgIpc) is 2.41. The largest absolute Gasteiger partial charge is 0.449 e. The number of carbonyl (C=O) groups excluding carboxylic acids is 1. The maximum atomic E-state index is 13.0. The molecule has 20 heavy (non-hydrogen) atoms. The van der Waals surface area contributed by atoms with Gasteiger partial charge in [0.2, 0.25) is 5.75 Å². The number of aromatic nitrogens is 1. The molecule has 0 aliphatic carbocycles. The first-order chi connectivity index (χ1) is 9.47. The number of nitrogens with zero attached hydrogens (tertiary/aromatic N) is 2. The van der Waals surface area contributed by atoms with E-state index in [0.29, 0.717) is 0 Å². The minimum absolute atomic E-state index is 0.103. The highest BCUT2D eigenvalue weighted by molar-refractivity contribution is 5.92. The number of hydrogen-bond donors (Lipinski definition) is 0. The Labute approximate surface area is 113 Å². The Morgan fingerprint density at radius 1 is 1.35 bits per heavy atom. The summed E-state index contributed by atoms with van der Waals surface area (Å²) in [5.74, 6) is -0.822. The molecular formula is C13H9FN2O4. The SMILES string of the molecule is CC(=O)c1ccc(Oc2ccc(F)cc2[N+](=O)[O-])cn1. The van der Waals surface area contributed by atoms with Crippen molar-refractivity contribution in [3.05, 3.63) is 58.2 Å². The zero-order valence-corrected chi connectivity index (χ0v) is 10.4. The number of carbonyl (C=O) groups is 1. The van der Waals surface area contributed by atoms with Gasteiger partial charge in [-0.05, 0) is 24.3 Å². The highest BCUT2D eigenvalue weighted by Crippen LogP contribution is 2.31. The maximum Gasteiger partial charge on any atom is 0.314 e. The molecule has 0 spiro atoms. The van der Waals surface area contributed by atoms with Crippen LogP contribution in [0.1, 0.15) is 17.4 Å². The number of Topliss-reactive ketones (excluding diaryl/α,β-unsaturated/α-hetero) is 1. The summed E-state index contributed by atoms with van der Waals surface area (Å²) >= 11 is 0. The number of ether oxygens (including phenoxy) is 1. The van der Waals surface area contributed by atoms with Crippen molar-refractivity contribution in [3.63, 3.8) is 0 Å². The van der Waals surface area contributed by atoms with E-state index in [0.717, 1.165) is 18.2 Å². The van der Waals surface area contributed by atoms with Crippen molar-refractivity contribution in [1.29, 1.82) is 0 Å². The Balaban J connectivity index is 2.30. The third-order valence-electron chi connectivity index (χ3n) is 2.44. The highest BCUT2D eigenvalue weighted by atomic mass is 19.1. The van der Waals surface area contributed by atoms with Gasteiger partial charge in [-0.2, -0.15) is 0 Å². The molecular weight excluding hydrogens is 267 g/mol. The van der Waals surface area contributed by atoms with E-state index < -0.39 is 16.4 Å². The summed E-state index contributed by atoms with van der Waals surface area (Å²) in [6.45, 7) is 1.37. The van der Waals surface area contributed by atoms with Crippen LogP contribution in [0, 0.1) is 15.9 Å². The van der Waals surface area contributed by atoms with Gasteiger partial charge >= 0.3 is 5.69 Å². The van der Waals surface area contributed by atoms with Crippen molar-refractivity contribution >= 4 is 11.5 Å². The molecule has 0 unspecified atom stereocenters. The lowest BCUT2D eigenvalue weighted by Gasteiger charge is -2.06. The van der Waals surface area contributed by atoms with Gasteiger partial charge in [0.05, 0.1) is 17.2 Å². The van der Waals surface area contributed by atoms with Crippen LogP contribution in [0.4, 0.5) is 10.1 Å². The van der Waals surface area contributed by atoms with E-state index in [1.54, 1.807) is 0 Å². The summed E-state index contributed by atoms with van der Waals surface area (Å²) < 4.78 is 18.3. The lowest BCUT2D eigenvalue weighted by Crippen LogP contribution is -1.97. The monoisotopic (exact) mass is 276 g/mol. The molecule has 1 aromatic carbocycles. The van der Waals surface area contributed by atoms with Crippen LogP contribution in [0.15, 0.2) is 36.5 Å². The fourth-order valence-corrected chi connectivity index (χ4v) is 1.50. The van der Waals surface area contributed by atoms with E-state index in [4.69, 9.17) is 4.74 Å². The van der Waals surface area contributed by atoms with Gasteiger partial charge in [-0.25, -0.2) is 9.37 Å². The second-order valence-corrected chi connectivity index (χ2v) is 3.91. The van der Waals surface area contributed by atoms with Crippen molar-refractivity contribution in [3.8, 4) is 11.5 Å². The number of benzene rings is 1. The van der Waals surface area contributed by atoms with Gasteiger partial charge in [0.1, 0.15) is 17.3 Å². The molecule has 1 aromatic heterocycles. The Morgan fingerprint density at radius 2 is 2.10 bits per heavy atom. The van der Waals surface area contributed by atoms with Gasteiger partial charge < -0.3 is 4.74 Å². The first kappa shape index (κ1) is 13.6. The summed E-state index contributed by atoms with van der Waals surface area (Å²) in [6.07, 6.45) is 1.27. The van der Waals surface area contributed by atoms with E-state index in [-0.39, 0.29) is 23.0 Å². The normalized spacial score (nSPS) is 10.1. The first-order valence-electron chi connectivity index (χ1n) is 5.56. The predicted octanol–water partition coefficient (Wildman–Crippen LogP) is 3.12. The lowest BCUT2D eigenvalue weighted by atomic mass is 10.2. The standard InChI is InChI=1S/C13H9FN2O4/c1-8(17)11-4-3-10(7-15-11)20-13-5-2-9(14)6-12(13)16(18)19/h2-7H,1H3. The summed E-state index contributed by atoms with van der Waals surface area (Å²) in [5, 5.41) is 10.8. The number of nitro groups is 1. The van der Waals surface area contributed by atoms with Crippen LogP contribution in [0.2, 0.25) is 0 Å². The quantitative estimate of drug-likeness (QED) is 0.486. The number of nitro benzene ring substituents is 1. The molecule has 2 rings (SSSR count). The molecule has 0 bridgehead atoms. The highest BCUT2D eigenvalue weighted by Gasteiger charge is 2.17. The van der Waals surface area contributed by atoms with E-state index in [9.17, 15) is 19.3 Å². The third-order valence-corrected chi connectivity index (χ3v) is 2.44. The van der Waals surface area contributed by atoms with E-state index >= 15 is 0 Å². The molecule has 0 radical (unpaired) electrons. The number of ketones is 1. The van der Waals surface area contributed by atoms with Gasteiger partial charge in [0, 0.05) is 6.92 Å². The molecule has 0 fully saturated rings. The molecule has 1 heterocycles. The lowest BCUT2D eigenvalue weighted by molar-refractivity contribution is -0.385. The number of pyridine rings is 1. The molecule has 102 valence electrons. The Morgan fingerprint density at radius 3 is 2.65 bits per heavy atom. The Kier molecular flexibility index (Phi) is 3.69. The summed E-state index contributed by atoms with van der Waals surface area (Å²) in [6, 6.07) is 5.88. The van der Waals surface area contributed by atoms with Gasteiger partial charge in [-0.1, -0.05) is 0 Å². The fourth-order valence-electron chi connectivity index (χ4n) is 1.50. The zero-order valence-electron chi connectivity index (χ0n) is 10.4. The van der Waals surface area contributed by atoms with Gasteiger partial charge in [-0.15, -0.1) is 0 Å². The third kappa shape index (κ3) is 2.94. The minimum atomic E-state index is -0.740. The molecule has 0 saturated carbocycles. The maximum absolute atomic E-state index is 13.0. The van der Waals surface area contributed by atoms with Crippen molar-refractivity contribution in [2.24, 2.45) is 0 Å². The van der Waals surface area contributed by atoms with Crippen LogP contribution in [-0.2, 0) is 0 Å². The smallest absolute Gasteiger partial charge is 0.314 e. The molecule has 0 amide bonds. The van der Waals surface area contributed by atoms with Crippen molar-refractivity contribution in [1.82, 2.24) is 4.98 Å². The second-order valence-electron chi connectivity index (χ2n) is 3.91. The van der Waals surface area contributed by atoms with E-state index in [1.807, 2.05) is 0 Å². The fraction of sp³-hybridized carbons (Fsp3) is 0.0769. The van der Waals surface area contributed by atoms with E-state index in [1.165, 1.54) is 25.3 Å². The van der Waals surface area contributed by atoms with Crippen LogP contribution < -0.4 is 4.74 Å². The van der Waals surface area contributed by atoms with Gasteiger partial charge in [0.25, 0.3) is 0 Å². The van der Waals surface area contributed by atoms with Crippen LogP contribution in [0.25, 0.3) is 0 Å². The molecule has 6 nitrogen and oxygen atoms in total. The molecule has 2 aromatic rings. The molecule has 0 aliphatic rings. The molecule has 0 saturated heterocycles. The average molecular weight is 276 g/mol. The Hall–Kier alpha value is -2.83. The van der Waals surface area contributed by atoms with Gasteiger partial charge in [0.15, 0.2) is 5.78 Å². The molecule has 0 aliphatic heterocycles. The van der Waals surface area contributed by atoms with Crippen LogP contribution in [0.5, 0.6) is 11.5 Å². The zero-order chi connectivity index (χ0) is 14.7. The van der Waals surface area contributed by atoms with Crippen molar-refractivity contribution in [2.45, 2.75) is 6.92 Å². The van der Waals surface area contributed by atoms with Crippen molar-refractivity contribution < 1.29 is 18.8 Å². The molecule has 7 heteroatoms. The topological polar surface area (TPSA) is 82.3 Å². The summed E-state index contributed by atoms with van der Waals surface area (Å²) in [4.78, 5) is 25.0. The van der Waals surface area contributed by atoms with Crippen LogP contribution in [-0.4, -0.2) is 15.7 Å². The van der Waals surface area contributed by atoms with Crippen molar-refractivity contribution in [2.75, 3.05) is 0 Å². The second kappa shape index (κ2) is 5.43. The minimum Gasteiger partial charge on any atom is -0.449 e. The predicted molar refractivity (Wildman–Crippen MR) is 67.4 cm³/mol. The number of rotatable bonds is 4. The number of hydrogen-bond acceptors (Lipinski definition) is 5. The Bertz CT molecular complexity index is 671. The van der Waals surface area contributed by atoms with Crippen LogP contribution >= 0.6 is 0 Å². The number of halogens is 1. The van der Waals surface area contributed by atoms with Gasteiger partial charge in [-0.3, -0.25) is 14.9 Å². The van der Waals surface area contributed by atoms with E-state index in [2.05, 4.69) is 4.98 Å². The van der Waals surface area contributed by atoms with Crippen LogP contribution in [0.3, 0.4) is 0 Å². The molecule has 0 N–H and O–H groups in total.